The fourth-order valence-corrected chi connectivity index (χ4v) is 3.05. The van der Waals surface area contributed by atoms with Gasteiger partial charge in [-0.05, 0) is 72.8 Å². The van der Waals surface area contributed by atoms with E-state index in [4.69, 9.17) is 0 Å². The summed E-state index contributed by atoms with van der Waals surface area (Å²) in [4.78, 5) is 3.53. The van der Waals surface area contributed by atoms with E-state index in [1.54, 1.807) is 0 Å². The minimum Gasteiger partial charge on any atom is -1.00 e. The number of rotatable bonds is 3. The SMILES string of the molecule is Cc1ccc(NC(=[NH+]c2ccc(C)cc2)c2ccccc2I)cc1.[Cl-]. The van der Waals surface area contributed by atoms with Crippen LogP contribution in [0.3, 0.4) is 0 Å². The van der Waals surface area contributed by atoms with E-state index in [9.17, 15) is 0 Å². The summed E-state index contributed by atoms with van der Waals surface area (Å²) in [7, 11) is 0. The zero-order valence-corrected chi connectivity index (χ0v) is 17.1. The van der Waals surface area contributed by atoms with Crippen LogP contribution >= 0.6 is 22.6 Å². The molecule has 0 bridgehead atoms. The van der Waals surface area contributed by atoms with Crippen molar-refractivity contribution in [3.05, 3.63) is 93.1 Å². The molecule has 0 radical (unpaired) electrons. The number of anilines is 1. The summed E-state index contributed by atoms with van der Waals surface area (Å²) in [5.74, 6) is 0.979. The normalized spacial score (nSPS) is 10.9. The highest BCUT2D eigenvalue weighted by Gasteiger charge is 2.15. The second kappa shape index (κ2) is 9.02. The van der Waals surface area contributed by atoms with E-state index in [-0.39, 0.29) is 12.4 Å². The van der Waals surface area contributed by atoms with Crippen molar-refractivity contribution >= 4 is 39.8 Å². The standard InChI is InChI=1S/C21H19IN2.ClH/c1-15-7-11-17(12-8-15)23-21(19-5-3-4-6-20(19)22)24-18-13-9-16(2)10-14-18;/h3-14H,1-2H3,(H,23,24);1H. The fourth-order valence-electron chi connectivity index (χ4n) is 2.39. The molecule has 3 aromatic carbocycles. The predicted molar refractivity (Wildman–Crippen MR) is 110 cm³/mol. The summed E-state index contributed by atoms with van der Waals surface area (Å²) in [5, 5.41) is 3.53. The number of benzene rings is 3. The highest BCUT2D eigenvalue weighted by molar-refractivity contribution is 14.1. The van der Waals surface area contributed by atoms with Gasteiger partial charge in [0.05, 0.1) is 5.56 Å². The molecule has 0 amide bonds. The topological polar surface area (TPSA) is 26.0 Å². The summed E-state index contributed by atoms with van der Waals surface area (Å²) < 4.78 is 1.20. The lowest BCUT2D eigenvalue weighted by Crippen LogP contribution is -3.00. The van der Waals surface area contributed by atoms with Gasteiger partial charge in [-0.2, -0.15) is 0 Å². The molecule has 0 aromatic heterocycles. The molecule has 0 fully saturated rings. The summed E-state index contributed by atoms with van der Waals surface area (Å²) in [5.41, 5.74) is 5.79. The molecule has 0 aliphatic carbocycles. The molecule has 0 aliphatic rings. The van der Waals surface area contributed by atoms with E-state index >= 15 is 0 Å². The number of hydrogen-bond acceptors (Lipinski definition) is 0. The molecule has 0 atom stereocenters. The van der Waals surface area contributed by atoms with Gasteiger partial charge < -0.3 is 12.4 Å². The molecule has 3 aromatic rings. The van der Waals surface area contributed by atoms with Gasteiger partial charge in [-0.3, -0.25) is 0 Å². The van der Waals surface area contributed by atoms with Gasteiger partial charge in [-0.1, -0.05) is 47.5 Å². The maximum absolute atomic E-state index is 3.53. The minimum absolute atomic E-state index is 0. The van der Waals surface area contributed by atoms with Gasteiger partial charge in [0.1, 0.15) is 11.4 Å². The van der Waals surface area contributed by atoms with Crippen LogP contribution in [-0.2, 0) is 0 Å². The van der Waals surface area contributed by atoms with Crippen LogP contribution in [0, 0.1) is 17.4 Å². The van der Waals surface area contributed by atoms with Crippen molar-refractivity contribution in [1.29, 1.82) is 0 Å². The lowest BCUT2D eigenvalue weighted by Gasteiger charge is -2.06. The predicted octanol–water partition coefficient (Wildman–Crippen LogP) is 1.18. The number of nitrogens with one attached hydrogen (secondary N) is 2. The van der Waals surface area contributed by atoms with E-state index in [0.717, 1.165) is 22.8 Å². The first kappa shape index (κ1) is 19.5. The number of halogens is 2. The van der Waals surface area contributed by atoms with Crippen molar-refractivity contribution < 1.29 is 17.4 Å². The van der Waals surface area contributed by atoms with Crippen LogP contribution in [0.2, 0.25) is 0 Å². The van der Waals surface area contributed by atoms with Crippen LogP contribution in [-0.4, -0.2) is 5.84 Å². The summed E-state index contributed by atoms with van der Waals surface area (Å²) in [6.45, 7) is 4.19. The van der Waals surface area contributed by atoms with Gasteiger partial charge in [-0.25, -0.2) is 10.3 Å². The van der Waals surface area contributed by atoms with Crippen LogP contribution in [0.25, 0.3) is 0 Å². The van der Waals surface area contributed by atoms with Gasteiger partial charge in [0.2, 0.25) is 0 Å². The Balaban J connectivity index is 0.00000225. The highest BCUT2D eigenvalue weighted by atomic mass is 127. The van der Waals surface area contributed by atoms with Crippen molar-refractivity contribution in [3.63, 3.8) is 0 Å². The zero-order valence-electron chi connectivity index (χ0n) is 14.2. The third-order valence-corrected chi connectivity index (χ3v) is 4.73. The van der Waals surface area contributed by atoms with E-state index < -0.39 is 0 Å². The monoisotopic (exact) mass is 462 g/mol. The maximum Gasteiger partial charge on any atom is 0.286 e. The first-order chi connectivity index (χ1) is 11.6. The van der Waals surface area contributed by atoms with Crippen LogP contribution in [0.1, 0.15) is 16.7 Å². The highest BCUT2D eigenvalue weighted by Crippen LogP contribution is 2.14. The fraction of sp³-hybridized carbons (Fsp3) is 0.0952. The molecule has 0 heterocycles. The third-order valence-electron chi connectivity index (χ3n) is 3.79. The van der Waals surface area contributed by atoms with Crippen LogP contribution < -0.4 is 22.7 Å². The summed E-state index contributed by atoms with van der Waals surface area (Å²) >= 11 is 2.37. The average molecular weight is 463 g/mol. The lowest BCUT2D eigenvalue weighted by atomic mass is 10.1. The van der Waals surface area contributed by atoms with Gasteiger partial charge >= 0.3 is 0 Å². The van der Waals surface area contributed by atoms with Crippen molar-refractivity contribution in [1.82, 2.24) is 0 Å². The lowest BCUT2D eigenvalue weighted by molar-refractivity contribution is -0.353. The Hall–Kier alpha value is -1.85. The number of amidine groups is 1. The Morgan fingerprint density at radius 1 is 0.800 bits per heavy atom. The molecule has 0 spiro atoms. The quantitative estimate of drug-likeness (QED) is 0.341. The van der Waals surface area contributed by atoms with Crippen molar-refractivity contribution in [3.8, 4) is 0 Å². The van der Waals surface area contributed by atoms with Gasteiger partial charge in [0, 0.05) is 3.57 Å². The van der Waals surface area contributed by atoms with E-state index in [1.165, 1.54) is 14.7 Å². The third kappa shape index (κ3) is 5.31. The maximum atomic E-state index is 3.53. The molecule has 3 rings (SSSR count). The molecule has 0 unspecified atom stereocenters. The van der Waals surface area contributed by atoms with Crippen LogP contribution in [0.4, 0.5) is 11.4 Å². The second-order valence-corrected chi connectivity index (χ2v) is 7.00. The van der Waals surface area contributed by atoms with Crippen molar-refractivity contribution in [2.24, 2.45) is 0 Å². The van der Waals surface area contributed by atoms with E-state index in [2.05, 4.69) is 120 Å². The molecular weight excluding hydrogens is 443 g/mol. The minimum atomic E-state index is 0. The van der Waals surface area contributed by atoms with Gasteiger partial charge in [-0.15, -0.1) is 0 Å². The molecule has 0 saturated carbocycles. The Bertz CT molecular complexity index is 856. The molecule has 25 heavy (non-hydrogen) atoms. The van der Waals surface area contributed by atoms with Gasteiger partial charge in [0.25, 0.3) is 5.84 Å². The molecule has 128 valence electrons. The first-order valence-corrected chi connectivity index (χ1v) is 8.99. The summed E-state index contributed by atoms with van der Waals surface area (Å²) in [6, 6.07) is 25.2. The molecular formula is C21H20ClIN2. The second-order valence-electron chi connectivity index (χ2n) is 5.84. The zero-order chi connectivity index (χ0) is 16.9. The largest absolute Gasteiger partial charge is 1.00 e. The molecule has 0 aliphatic heterocycles. The van der Waals surface area contributed by atoms with Crippen LogP contribution in [0.5, 0.6) is 0 Å². The molecule has 4 heteroatoms. The Morgan fingerprint density at radius 2 is 1.36 bits per heavy atom. The number of aryl methyl sites for hydroxylation is 2. The van der Waals surface area contributed by atoms with Gasteiger partial charge in [0.15, 0.2) is 0 Å². The Morgan fingerprint density at radius 3 is 1.96 bits per heavy atom. The Kier molecular flexibility index (Phi) is 7.02. The smallest absolute Gasteiger partial charge is 0.286 e. The number of hydrogen-bond donors (Lipinski definition) is 2. The Labute approximate surface area is 169 Å². The van der Waals surface area contributed by atoms with Crippen molar-refractivity contribution in [2.45, 2.75) is 13.8 Å². The first-order valence-electron chi connectivity index (χ1n) is 7.91. The van der Waals surface area contributed by atoms with E-state index in [1.807, 2.05) is 0 Å². The van der Waals surface area contributed by atoms with E-state index in [0.29, 0.717) is 0 Å². The summed E-state index contributed by atoms with van der Waals surface area (Å²) in [6.07, 6.45) is 0. The van der Waals surface area contributed by atoms with Crippen LogP contribution in [0.15, 0.2) is 72.8 Å². The molecule has 2 nitrogen and oxygen atoms in total. The van der Waals surface area contributed by atoms with Crippen molar-refractivity contribution in [2.75, 3.05) is 5.32 Å². The molecule has 0 saturated heterocycles. The molecule has 2 N–H and O–H groups in total. The average Bonchev–Trinajstić information content (AvgIpc) is 2.59.